The Morgan fingerprint density at radius 3 is 1.78 bits per heavy atom. The molecule has 2 aliphatic heterocycles. The van der Waals surface area contributed by atoms with Crippen molar-refractivity contribution in [1.82, 2.24) is 0 Å². The summed E-state index contributed by atoms with van der Waals surface area (Å²) >= 11 is 0. The van der Waals surface area contributed by atoms with Crippen LogP contribution in [-0.2, 0) is 22.4 Å². The van der Waals surface area contributed by atoms with Gasteiger partial charge in [-0.3, -0.25) is 4.79 Å². The van der Waals surface area contributed by atoms with Gasteiger partial charge in [-0.2, -0.15) is 0 Å². The minimum Gasteiger partial charge on any atom is -0.496 e. The summed E-state index contributed by atoms with van der Waals surface area (Å²) in [5, 5.41) is 0. The van der Waals surface area contributed by atoms with Gasteiger partial charge >= 0.3 is 5.97 Å². The van der Waals surface area contributed by atoms with Gasteiger partial charge in [0.2, 0.25) is 0 Å². The maximum Gasteiger partial charge on any atom is 0.314 e. The summed E-state index contributed by atoms with van der Waals surface area (Å²) in [5.74, 6) is 2.12. The fraction of sp³-hybridized carbons (Fsp3) is 0.381. The molecular weight excluding hydrogens is 348 g/mol. The second-order valence-electron chi connectivity index (χ2n) is 6.61. The number of fused-ring (bicyclic) bond motifs is 1. The third-order valence-corrected chi connectivity index (χ3v) is 5.44. The van der Waals surface area contributed by atoms with Crippen LogP contribution in [-0.4, -0.2) is 34.4 Å². The zero-order valence-corrected chi connectivity index (χ0v) is 15.8. The zero-order chi connectivity index (χ0) is 19.1. The van der Waals surface area contributed by atoms with Gasteiger partial charge in [-0.1, -0.05) is 0 Å². The molecule has 0 radical (unpaired) electrons. The molecule has 0 amide bonds. The van der Waals surface area contributed by atoms with Crippen LogP contribution in [0, 0.1) is 0 Å². The van der Waals surface area contributed by atoms with Crippen LogP contribution >= 0.6 is 0 Å². The fourth-order valence-electron chi connectivity index (χ4n) is 4.24. The first-order chi connectivity index (χ1) is 13.1. The van der Waals surface area contributed by atoms with Crippen molar-refractivity contribution in [3.8, 4) is 23.0 Å². The number of methoxy groups -OCH3 is 4. The Morgan fingerprint density at radius 2 is 1.22 bits per heavy atom. The lowest BCUT2D eigenvalue weighted by molar-refractivity contribution is -0.154. The van der Waals surface area contributed by atoms with E-state index in [1.807, 2.05) is 24.3 Å². The molecular formula is C21H22O6. The predicted molar refractivity (Wildman–Crippen MR) is 98.1 cm³/mol. The van der Waals surface area contributed by atoms with Crippen LogP contribution in [0.5, 0.6) is 23.0 Å². The van der Waals surface area contributed by atoms with Gasteiger partial charge < -0.3 is 23.7 Å². The molecule has 1 aliphatic carbocycles. The van der Waals surface area contributed by atoms with E-state index in [1.54, 1.807) is 28.4 Å². The molecule has 27 heavy (non-hydrogen) atoms. The van der Waals surface area contributed by atoms with Crippen LogP contribution < -0.4 is 18.9 Å². The van der Waals surface area contributed by atoms with Crippen LogP contribution in [0.3, 0.4) is 0 Å². The molecule has 5 rings (SSSR count). The Morgan fingerprint density at radius 1 is 0.741 bits per heavy atom. The molecule has 0 saturated heterocycles. The molecule has 2 unspecified atom stereocenters. The summed E-state index contributed by atoms with van der Waals surface area (Å²) in [6.45, 7) is 0. The van der Waals surface area contributed by atoms with E-state index in [0.717, 1.165) is 33.8 Å². The Labute approximate surface area is 157 Å². The quantitative estimate of drug-likeness (QED) is 0.770. The normalized spacial score (nSPS) is 19.9. The molecule has 6 heteroatoms. The number of rotatable bonds is 4. The SMILES string of the molecule is COc1ccc(OC)c2c1CC1OC(=O)C(C2)c2c(OC)ccc(OC)c21. The summed E-state index contributed by atoms with van der Waals surface area (Å²) in [7, 11) is 6.50. The molecule has 2 atom stereocenters. The van der Waals surface area contributed by atoms with Gasteiger partial charge in [0.15, 0.2) is 0 Å². The van der Waals surface area contributed by atoms with Crippen molar-refractivity contribution < 1.29 is 28.5 Å². The largest absolute Gasteiger partial charge is 0.496 e. The molecule has 2 heterocycles. The van der Waals surface area contributed by atoms with E-state index in [1.165, 1.54) is 0 Å². The number of benzene rings is 2. The highest BCUT2D eigenvalue weighted by Gasteiger charge is 2.43. The second kappa shape index (κ2) is 6.68. The van der Waals surface area contributed by atoms with Crippen LogP contribution in [0.25, 0.3) is 0 Å². The molecule has 0 spiro atoms. The Balaban J connectivity index is 1.98. The molecule has 0 aromatic heterocycles. The van der Waals surface area contributed by atoms with E-state index < -0.39 is 12.0 Å². The minimum atomic E-state index is -0.499. The van der Waals surface area contributed by atoms with Gasteiger partial charge in [0, 0.05) is 28.7 Å². The van der Waals surface area contributed by atoms with E-state index in [4.69, 9.17) is 23.7 Å². The first kappa shape index (κ1) is 17.5. The first-order valence-electron chi connectivity index (χ1n) is 8.80. The average molecular weight is 370 g/mol. The molecule has 0 fully saturated rings. The summed E-state index contributed by atoms with van der Waals surface area (Å²) in [4.78, 5) is 12.8. The molecule has 3 aliphatic rings. The van der Waals surface area contributed by atoms with Crippen molar-refractivity contribution >= 4 is 5.97 Å². The van der Waals surface area contributed by atoms with E-state index in [2.05, 4.69) is 0 Å². The fourth-order valence-corrected chi connectivity index (χ4v) is 4.24. The number of hydrogen-bond acceptors (Lipinski definition) is 6. The number of carbonyl (C=O) groups is 1. The first-order valence-corrected chi connectivity index (χ1v) is 8.80. The smallest absolute Gasteiger partial charge is 0.314 e. The van der Waals surface area contributed by atoms with E-state index in [0.29, 0.717) is 24.3 Å². The Hall–Kier alpha value is -2.89. The predicted octanol–water partition coefficient (Wildman–Crippen LogP) is 3.20. The van der Waals surface area contributed by atoms with Crippen LogP contribution in [0.15, 0.2) is 24.3 Å². The van der Waals surface area contributed by atoms with Gasteiger partial charge in [0.1, 0.15) is 29.1 Å². The topological polar surface area (TPSA) is 63.2 Å². The summed E-state index contributed by atoms with van der Waals surface area (Å²) < 4.78 is 28.1. The number of esters is 1. The number of ether oxygens (including phenoxy) is 5. The monoisotopic (exact) mass is 370 g/mol. The summed E-state index contributed by atoms with van der Waals surface area (Å²) in [6, 6.07) is 7.46. The maximum atomic E-state index is 12.8. The molecule has 2 aromatic carbocycles. The van der Waals surface area contributed by atoms with Crippen molar-refractivity contribution in [2.45, 2.75) is 24.9 Å². The van der Waals surface area contributed by atoms with Crippen LogP contribution in [0.1, 0.15) is 34.3 Å². The highest BCUT2D eigenvalue weighted by atomic mass is 16.5. The molecule has 2 bridgehead atoms. The third-order valence-electron chi connectivity index (χ3n) is 5.44. The Bertz CT molecular complexity index is 904. The number of carbonyl (C=O) groups excluding carboxylic acids is 1. The Kier molecular flexibility index (Phi) is 4.34. The van der Waals surface area contributed by atoms with Gasteiger partial charge in [-0.25, -0.2) is 0 Å². The molecule has 2 aromatic rings. The zero-order valence-electron chi connectivity index (χ0n) is 15.8. The summed E-state index contributed by atoms with van der Waals surface area (Å²) in [5.41, 5.74) is 3.68. The lowest BCUT2D eigenvalue weighted by Gasteiger charge is -2.36. The molecule has 0 saturated carbocycles. The molecule has 0 N–H and O–H groups in total. The van der Waals surface area contributed by atoms with Gasteiger partial charge in [0.25, 0.3) is 0 Å². The summed E-state index contributed by atoms with van der Waals surface area (Å²) in [6.07, 6.45) is 0.441. The van der Waals surface area contributed by atoms with E-state index in [-0.39, 0.29) is 5.97 Å². The van der Waals surface area contributed by atoms with Crippen molar-refractivity contribution in [1.29, 1.82) is 0 Å². The molecule has 142 valence electrons. The van der Waals surface area contributed by atoms with Crippen LogP contribution in [0.2, 0.25) is 0 Å². The molecule has 6 nitrogen and oxygen atoms in total. The highest BCUT2D eigenvalue weighted by molar-refractivity contribution is 5.84. The van der Waals surface area contributed by atoms with Crippen molar-refractivity contribution in [2.24, 2.45) is 0 Å². The van der Waals surface area contributed by atoms with Gasteiger partial charge in [0.05, 0.1) is 34.4 Å². The van der Waals surface area contributed by atoms with E-state index >= 15 is 0 Å². The lowest BCUT2D eigenvalue weighted by atomic mass is 9.77. The average Bonchev–Trinajstić information content (AvgIpc) is 2.68. The minimum absolute atomic E-state index is 0.255. The van der Waals surface area contributed by atoms with Crippen molar-refractivity contribution in [2.75, 3.05) is 28.4 Å². The number of hydrogen-bond donors (Lipinski definition) is 0. The highest BCUT2D eigenvalue weighted by Crippen LogP contribution is 2.51. The van der Waals surface area contributed by atoms with Gasteiger partial charge in [-0.15, -0.1) is 0 Å². The van der Waals surface area contributed by atoms with E-state index in [9.17, 15) is 4.79 Å². The van der Waals surface area contributed by atoms with Crippen molar-refractivity contribution in [3.63, 3.8) is 0 Å². The third kappa shape index (κ3) is 2.59. The van der Waals surface area contributed by atoms with Crippen molar-refractivity contribution in [3.05, 3.63) is 46.5 Å². The van der Waals surface area contributed by atoms with Gasteiger partial charge in [-0.05, 0) is 30.7 Å². The maximum absolute atomic E-state index is 12.8. The second-order valence-corrected chi connectivity index (χ2v) is 6.61. The standard InChI is InChI=1S/C21H22O6/c1-23-14-5-6-15(24-2)12-10-18-20-17(26-4)8-7-16(25-3)19(20)13(9-11(12)14)21(22)27-18/h5-8,13,18H,9-10H2,1-4H3. The lowest BCUT2D eigenvalue weighted by Crippen LogP contribution is -2.32. The van der Waals surface area contributed by atoms with Crippen LogP contribution in [0.4, 0.5) is 0 Å².